The van der Waals surface area contributed by atoms with E-state index in [0.717, 1.165) is 16.8 Å². The zero-order chi connectivity index (χ0) is 16.1. The predicted octanol–water partition coefficient (Wildman–Crippen LogP) is 1.17. The number of hydrogen-bond donors (Lipinski definition) is 3. The topological polar surface area (TPSA) is 96.1 Å². The van der Waals surface area contributed by atoms with E-state index in [0.29, 0.717) is 5.75 Å². The number of rotatable bonds is 4. The van der Waals surface area contributed by atoms with E-state index >= 15 is 0 Å². The standard InChI is InChI=1S/C15H18N4O3/c1-9-4-5-13(10(2)6-9)22-8-14(20)18-19-15(21)12-7-11(3)16-17-12/h4-7H,8H2,1-3H3,(H,16,17)(H,18,20)(H,19,21). The second-order valence-electron chi connectivity index (χ2n) is 5.00. The Balaban J connectivity index is 1.79. The quantitative estimate of drug-likeness (QED) is 0.739. The van der Waals surface area contributed by atoms with E-state index in [1.54, 1.807) is 13.0 Å². The van der Waals surface area contributed by atoms with Crippen LogP contribution in [0.15, 0.2) is 24.3 Å². The zero-order valence-corrected chi connectivity index (χ0v) is 12.7. The Morgan fingerprint density at radius 3 is 2.59 bits per heavy atom. The number of aromatic nitrogens is 2. The Morgan fingerprint density at radius 1 is 1.18 bits per heavy atom. The van der Waals surface area contributed by atoms with Crippen LogP contribution in [-0.2, 0) is 4.79 Å². The molecule has 2 aromatic rings. The van der Waals surface area contributed by atoms with Gasteiger partial charge in [-0.2, -0.15) is 5.10 Å². The van der Waals surface area contributed by atoms with Crippen molar-refractivity contribution in [1.82, 2.24) is 21.0 Å². The summed E-state index contributed by atoms with van der Waals surface area (Å²) < 4.78 is 5.41. The SMILES string of the molecule is Cc1ccc(OCC(=O)NNC(=O)c2cc(C)[nH]n2)c(C)c1. The maximum atomic E-state index is 11.7. The normalized spacial score (nSPS) is 10.1. The minimum absolute atomic E-state index is 0.191. The first-order chi connectivity index (χ1) is 10.5. The third kappa shape index (κ3) is 4.08. The molecule has 2 rings (SSSR count). The lowest BCUT2D eigenvalue weighted by Crippen LogP contribution is -2.44. The lowest BCUT2D eigenvalue weighted by Gasteiger charge is -2.10. The molecule has 3 N–H and O–H groups in total. The highest BCUT2D eigenvalue weighted by molar-refractivity contribution is 5.93. The minimum atomic E-state index is -0.496. The van der Waals surface area contributed by atoms with E-state index in [9.17, 15) is 9.59 Å². The van der Waals surface area contributed by atoms with Crippen LogP contribution in [-0.4, -0.2) is 28.6 Å². The molecule has 1 aromatic carbocycles. The highest BCUT2D eigenvalue weighted by Gasteiger charge is 2.11. The van der Waals surface area contributed by atoms with Gasteiger partial charge in [-0.25, -0.2) is 0 Å². The Kier molecular flexibility index (Phi) is 4.77. The van der Waals surface area contributed by atoms with Crippen molar-refractivity contribution in [1.29, 1.82) is 0 Å². The number of ether oxygens (including phenoxy) is 1. The number of aryl methyl sites for hydroxylation is 3. The van der Waals surface area contributed by atoms with Crippen LogP contribution < -0.4 is 15.6 Å². The van der Waals surface area contributed by atoms with Gasteiger partial charge in [0.1, 0.15) is 5.75 Å². The van der Waals surface area contributed by atoms with Crippen LogP contribution >= 0.6 is 0 Å². The van der Waals surface area contributed by atoms with Crippen LogP contribution in [0.5, 0.6) is 5.75 Å². The van der Waals surface area contributed by atoms with Crippen LogP contribution in [0, 0.1) is 20.8 Å². The summed E-state index contributed by atoms with van der Waals surface area (Å²) in [5.41, 5.74) is 7.58. The Morgan fingerprint density at radius 2 is 1.95 bits per heavy atom. The summed E-state index contributed by atoms with van der Waals surface area (Å²) in [6, 6.07) is 7.26. The van der Waals surface area contributed by atoms with Gasteiger partial charge in [-0.1, -0.05) is 17.7 Å². The lowest BCUT2D eigenvalue weighted by molar-refractivity contribution is -0.123. The third-order valence-corrected chi connectivity index (χ3v) is 2.94. The van der Waals surface area contributed by atoms with Gasteiger partial charge in [0.05, 0.1) is 0 Å². The highest BCUT2D eigenvalue weighted by atomic mass is 16.5. The number of nitrogens with zero attached hydrogens (tertiary/aromatic N) is 1. The monoisotopic (exact) mass is 302 g/mol. The molecule has 116 valence electrons. The molecule has 0 aliphatic rings. The molecule has 1 heterocycles. The van der Waals surface area contributed by atoms with Crippen LogP contribution in [0.25, 0.3) is 0 Å². The maximum absolute atomic E-state index is 11.7. The number of amides is 2. The summed E-state index contributed by atoms with van der Waals surface area (Å²) in [7, 11) is 0. The lowest BCUT2D eigenvalue weighted by atomic mass is 10.1. The molecule has 22 heavy (non-hydrogen) atoms. The molecule has 0 bridgehead atoms. The Hall–Kier alpha value is -2.83. The maximum Gasteiger partial charge on any atom is 0.290 e. The van der Waals surface area contributed by atoms with Crippen molar-refractivity contribution >= 4 is 11.8 Å². The first-order valence-electron chi connectivity index (χ1n) is 6.77. The molecular formula is C15H18N4O3. The van der Waals surface area contributed by atoms with Gasteiger partial charge < -0.3 is 4.74 Å². The molecule has 0 spiro atoms. The van der Waals surface area contributed by atoms with Gasteiger partial charge in [-0.15, -0.1) is 0 Å². The number of H-pyrrole nitrogens is 1. The average molecular weight is 302 g/mol. The molecule has 0 aliphatic heterocycles. The van der Waals surface area contributed by atoms with Gasteiger partial charge >= 0.3 is 0 Å². The summed E-state index contributed by atoms with van der Waals surface area (Å²) in [6.07, 6.45) is 0. The molecule has 2 amide bonds. The number of aromatic amines is 1. The number of nitrogens with one attached hydrogen (secondary N) is 3. The van der Waals surface area contributed by atoms with Crippen molar-refractivity contribution < 1.29 is 14.3 Å². The van der Waals surface area contributed by atoms with Gasteiger partial charge in [0.2, 0.25) is 0 Å². The largest absolute Gasteiger partial charge is 0.483 e. The van der Waals surface area contributed by atoms with Crippen LogP contribution in [0.3, 0.4) is 0 Å². The van der Waals surface area contributed by atoms with E-state index in [-0.39, 0.29) is 12.3 Å². The summed E-state index contributed by atoms with van der Waals surface area (Å²) in [6.45, 7) is 5.47. The molecular weight excluding hydrogens is 284 g/mol. The molecule has 7 nitrogen and oxygen atoms in total. The second-order valence-corrected chi connectivity index (χ2v) is 5.00. The van der Waals surface area contributed by atoms with Crippen molar-refractivity contribution in [2.75, 3.05) is 6.61 Å². The average Bonchev–Trinajstić information content (AvgIpc) is 2.90. The predicted molar refractivity (Wildman–Crippen MR) is 80.3 cm³/mol. The van der Waals surface area contributed by atoms with Gasteiger partial charge in [-0.05, 0) is 38.5 Å². The fourth-order valence-corrected chi connectivity index (χ4v) is 1.87. The van der Waals surface area contributed by atoms with E-state index in [2.05, 4.69) is 21.0 Å². The van der Waals surface area contributed by atoms with Gasteiger partial charge in [0.25, 0.3) is 11.8 Å². The van der Waals surface area contributed by atoms with E-state index in [1.165, 1.54) is 0 Å². The number of carbonyl (C=O) groups is 2. The van der Waals surface area contributed by atoms with E-state index in [1.807, 2.05) is 32.0 Å². The van der Waals surface area contributed by atoms with Gasteiger partial charge in [-0.3, -0.25) is 25.5 Å². The minimum Gasteiger partial charge on any atom is -0.483 e. The van der Waals surface area contributed by atoms with Crippen molar-refractivity contribution in [3.63, 3.8) is 0 Å². The summed E-state index contributed by atoms with van der Waals surface area (Å²) in [5.74, 6) is -0.320. The van der Waals surface area contributed by atoms with Crippen LogP contribution in [0.1, 0.15) is 27.3 Å². The smallest absolute Gasteiger partial charge is 0.290 e. The molecule has 1 aromatic heterocycles. The van der Waals surface area contributed by atoms with E-state index < -0.39 is 11.8 Å². The molecule has 0 atom stereocenters. The first kappa shape index (κ1) is 15.6. The highest BCUT2D eigenvalue weighted by Crippen LogP contribution is 2.18. The summed E-state index contributed by atoms with van der Waals surface area (Å²) in [5, 5.41) is 6.43. The molecule has 0 saturated heterocycles. The number of carbonyl (C=O) groups excluding carboxylic acids is 2. The van der Waals surface area contributed by atoms with Gasteiger partial charge in [0.15, 0.2) is 12.3 Å². The first-order valence-corrected chi connectivity index (χ1v) is 6.77. The van der Waals surface area contributed by atoms with Crippen molar-refractivity contribution in [2.24, 2.45) is 0 Å². The fourth-order valence-electron chi connectivity index (χ4n) is 1.87. The van der Waals surface area contributed by atoms with Crippen molar-refractivity contribution in [2.45, 2.75) is 20.8 Å². The number of hydrazine groups is 1. The third-order valence-electron chi connectivity index (χ3n) is 2.94. The molecule has 0 radical (unpaired) electrons. The number of benzene rings is 1. The molecule has 0 aliphatic carbocycles. The molecule has 0 unspecified atom stereocenters. The Bertz CT molecular complexity index is 694. The molecule has 7 heteroatoms. The summed E-state index contributed by atoms with van der Waals surface area (Å²) >= 11 is 0. The Labute approximate surface area is 128 Å². The second kappa shape index (κ2) is 6.75. The molecule has 0 fully saturated rings. The molecule has 0 saturated carbocycles. The summed E-state index contributed by atoms with van der Waals surface area (Å²) in [4.78, 5) is 23.3. The van der Waals surface area contributed by atoms with Crippen molar-refractivity contribution in [3.05, 3.63) is 46.8 Å². The van der Waals surface area contributed by atoms with Gasteiger partial charge in [0, 0.05) is 5.69 Å². The van der Waals surface area contributed by atoms with Crippen LogP contribution in [0.4, 0.5) is 0 Å². The fraction of sp³-hybridized carbons (Fsp3) is 0.267. The van der Waals surface area contributed by atoms with Crippen molar-refractivity contribution in [3.8, 4) is 5.75 Å². The van der Waals surface area contributed by atoms with Crippen LogP contribution in [0.2, 0.25) is 0 Å². The van der Waals surface area contributed by atoms with E-state index in [4.69, 9.17) is 4.74 Å². The zero-order valence-electron chi connectivity index (χ0n) is 12.7. The number of hydrogen-bond acceptors (Lipinski definition) is 4.